The molecule has 0 bridgehead atoms. The third kappa shape index (κ3) is 2.28. The van der Waals surface area contributed by atoms with Gasteiger partial charge in [-0.3, -0.25) is 4.79 Å². The predicted octanol–water partition coefficient (Wildman–Crippen LogP) is 2.86. The molecular formula is C18H23NO2. The first kappa shape index (κ1) is 13.3. The molecule has 1 aromatic carbocycles. The molecule has 112 valence electrons. The van der Waals surface area contributed by atoms with E-state index in [1.807, 2.05) is 0 Å². The average molecular weight is 285 g/mol. The maximum atomic E-state index is 12.4. The Bertz CT molecular complexity index is 509. The lowest BCUT2D eigenvalue weighted by Gasteiger charge is -2.50. The van der Waals surface area contributed by atoms with E-state index in [1.54, 1.807) is 0 Å². The number of nitrogens with one attached hydrogen (secondary N) is 1. The minimum absolute atomic E-state index is 0.115. The van der Waals surface area contributed by atoms with Crippen LogP contribution in [-0.2, 0) is 9.53 Å². The second-order valence-corrected chi connectivity index (χ2v) is 6.73. The van der Waals surface area contributed by atoms with E-state index in [0.29, 0.717) is 17.9 Å². The van der Waals surface area contributed by atoms with Gasteiger partial charge >= 0.3 is 0 Å². The molecular weight excluding hydrogens is 262 g/mol. The summed E-state index contributed by atoms with van der Waals surface area (Å²) in [7, 11) is 0. The maximum Gasteiger partial charge on any atom is 0.249 e. The summed E-state index contributed by atoms with van der Waals surface area (Å²) in [4.78, 5) is 12.4. The van der Waals surface area contributed by atoms with Crippen molar-refractivity contribution < 1.29 is 9.53 Å². The van der Waals surface area contributed by atoms with E-state index in [-0.39, 0.29) is 12.0 Å². The first-order valence-electron chi connectivity index (χ1n) is 8.31. The molecule has 5 atom stereocenters. The molecule has 2 saturated carbocycles. The van der Waals surface area contributed by atoms with Gasteiger partial charge in [0, 0.05) is 18.6 Å². The Morgan fingerprint density at radius 2 is 1.86 bits per heavy atom. The van der Waals surface area contributed by atoms with Crippen molar-refractivity contribution in [3.05, 3.63) is 35.9 Å². The molecule has 3 fully saturated rings. The van der Waals surface area contributed by atoms with Crippen LogP contribution in [0.2, 0.25) is 0 Å². The standard InChI is InChI=1S/C18H23NO2/c20-18(15-10-5-11-21-15)19-17-14-9-4-8-13(14)16(17)12-6-2-1-3-7-12/h1-3,6-7,13-17H,4-5,8-11H2,(H,19,20)/t13-,14+,15+,16+,17+/m0/s1. The van der Waals surface area contributed by atoms with E-state index in [1.165, 1.54) is 24.8 Å². The topological polar surface area (TPSA) is 38.3 Å². The van der Waals surface area contributed by atoms with Gasteiger partial charge in [0.05, 0.1) is 0 Å². The minimum atomic E-state index is -0.207. The van der Waals surface area contributed by atoms with Crippen molar-refractivity contribution in [2.24, 2.45) is 11.8 Å². The highest BCUT2D eigenvalue weighted by molar-refractivity contribution is 5.81. The van der Waals surface area contributed by atoms with Crippen LogP contribution in [0.3, 0.4) is 0 Å². The summed E-state index contributed by atoms with van der Waals surface area (Å²) in [5, 5.41) is 3.31. The normalized spacial score (nSPS) is 37.8. The highest BCUT2D eigenvalue weighted by Crippen LogP contribution is 2.55. The van der Waals surface area contributed by atoms with Gasteiger partial charge in [0.15, 0.2) is 0 Å². The number of fused-ring (bicyclic) bond motifs is 1. The van der Waals surface area contributed by atoms with Gasteiger partial charge in [-0.15, -0.1) is 0 Å². The fourth-order valence-corrected chi connectivity index (χ4v) is 4.66. The number of ether oxygens (including phenoxy) is 1. The van der Waals surface area contributed by atoms with Gasteiger partial charge in [0.2, 0.25) is 5.91 Å². The maximum absolute atomic E-state index is 12.4. The second-order valence-electron chi connectivity index (χ2n) is 6.73. The van der Waals surface area contributed by atoms with Crippen molar-refractivity contribution in [1.82, 2.24) is 5.32 Å². The monoisotopic (exact) mass is 285 g/mol. The SMILES string of the molecule is O=C(N[C@@H]1[C@@H]2CCC[C@@H]2[C@H]1c1ccccc1)[C@H]1CCCO1. The van der Waals surface area contributed by atoms with Crippen LogP contribution in [-0.4, -0.2) is 24.7 Å². The number of carbonyl (C=O) groups is 1. The lowest BCUT2D eigenvalue weighted by atomic mass is 9.60. The van der Waals surface area contributed by atoms with E-state index in [9.17, 15) is 4.79 Å². The van der Waals surface area contributed by atoms with E-state index in [2.05, 4.69) is 35.6 Å². The van der Waals surface area contributed by atoms with Crippen molar-refractivity contribution in [2.45, 2.75) is 50.2 Å². The van der Waals surface area contributed by atoms with Crippen molar-refractivity contribution in [2.75, 3.05) is 6.61 Å². The van der Waals surface area contributed by atoms with Gasteiger partial charge in [-0.2, -0.15) is 0 Å². The lowest BCUT2D eigenvalue weighted by molar-refractivity contribution is -0.133. The van der Waals surface area contributed by atoms with E-state index < -0.39 is 0 Å². The average Bonchev–Trinajstić information content (AvgIpc) is 3.16. The van der Waals surface area contributed by atoms with Crippen LogP contribution in [0, 0.1) is 11.8 Å². The Hall–Kier alpha value is -1.35. The zero-order valence-corrected chi connectivity index (χ0v) is 12.3. The number of hydrogen-bond donors (Lipinski definition) is 1. The highest BCUT2D eigenvalue weighted by Gasteiger charge is 2.53. The zero-order valence-electron chi connectivity index (χ0n) is 12.3. The molecule has 1 amide bonds. The molecule has 4 rings (SSSR count). The van der Waals surface area contributed by atoms with Crippen LogP contribution in [0.15, 0.2) is 30.3 Å². The van der Waals surface area contributed by atoms with Crippen molar-refractivity contribution >= 4 is 5.91 Å². The number of amides is 1. The fourth-order valence-electron chi connectivity index (χ4n) is 4.66. The third-order valence-corrected chi connectivity index (χ3v) is 5.65. The summed E-state index contributed by atoms with van der Waals surface area (Å²) < 4.78 is 5.52. The summed E-state index contributed by atoms with van der Waals surface area (Å²) in [5.41, 5.74) is 1.39. The predicted molar refractivity (Wildman–Crippen MR) is 80.9 cm³/mol. The molecule has 1 saturated heterocycles. The summed E-state index contributed by atoms with van der Waals surface area (Å²) >= 11 is 0. The summed E-state index contributed by atoms with van der Waals surface area (Å²) in [6, 6.07) is 11.0. The Kier molecular flexibility index (Phi) is 3.46. The van der Waals surface area contributed by atoms with Gasteiger partial charge in [-0.1, -0.05) is 36.8 Å². The van der Waals surface area contributed by atoms with E-state index in [4.69, 9.17) is 4.74 Å². The summed E-state index contributed by atoms with van der Waals surface area (Å²) in [5.74, 6) is 2.07. The largest absolute Gasteiger partial charge is 0.368 e. The molecule has 3 nitrogen and oxygen atoms in total. The minimum Gasteiger partial charge on any atom is -0.368 e. The molecule has 3 heteroatoms. The Balaban J connectivity index is 1.50. The van der Waals surface area contributed by atoms with Crippen LogP contribution >= 0.6 is 0 Å². The van der Waals surface area contributed by atoms with Gasteiger partial charge in [0.1, 0.15) is 6.10 Å². The third-order valence-electron chi connectivity index (χ3n) is 5.65. The van der Waals surface area contributed by atoms with Crippen molar-refractivity contribution in [1.29, 1.82) is 0 Å². The van der Waals surface area contributed by atoms with E-state index in [0.717, 1.165) is 25.4 Å². The van der Waals surface area contributed by atoms with Gasteiger partial charge < -0.3 is 10.1 Å². The van der Waals surface area contributed by atoms with Gasteiger partial charge in [-0.25, -0.2) is 0 Å². The molecule has 1 aliphatic heterocycles. The quantitative estimate of drug-likeness (QED) is 0.927. The smallest absolute Gasteiger partial charge is 0.249 e. The van der Waals surface area contributed by atoms with Crippen LogP contribution in [0.25, 0.3) is 0 Å². The molecule has 0 spiro atoms. The fraction of sp³-hybridized carbons (Fsp3) is 0.611. The second kappa shape index (κ2) is 5.45. The summed E-state index contributed by atoms with van der Waals surface area (Å²) in [6.07, 6.45) is 5.58. The van der Waals surface area contributed by atoms with Crippen LogP contribution in [0.5, 0.6) is 0 Å². The molecule has 2 aliphatic carbocycles. The van der Waals surface area contributed by atoms with Crippen LogP contribution < -0.4 is 5.32 Å². The van der Waals surface area contributed by atoms with Crippen LogP contribution in [0.1, 0.15) is 43.6 Å². The number of rotatable bonds is 3. The molecule has 1 heterocycles. The highest BCUT2D eigenvalue weighted by atomic mass is 16.5. The van der Waals surface area contributed by atoms with Crippen molar-refractivity contribution in [3.8, 4) is 0 Å². The Labute approximate surface area is 126 Å². The van der Waals surface area contributed by atoms with Crippen molar-refractivity contribution in [3.63, 3.8) is 0 Å². The molecule has 1 N–H and O–H groups in total. The van der Waals surface area contributed by atoms with Gasteiger partial charge in [-0.05, 0) is 43.1 Å². The molecule has 0 unspecified atom stereocenters. The molecule has 0 radical (unpaired) electrons. The van der Waals surface area contributed by atoms with E-state index >= 15 is 0 Å². The zero-order chi connectivity index (χ0) is 14.2. The Morgan fingerprint density at radius 3 is 2.62 bits per heavy atom. The summed E-state index contributed by atoms with van der Waals surface area (Å²) in [6.45, 7) is 0.733. The first-order chi connectivity index (χ1) is 10.3. The number of benzene rings is 1. The molecule has 0 aromatic heterocycles. The first-order valence-corrected chi connectivity index (χ1v) is 8.31. The lowest BCUT2D eigenvalue weighted by Crippen LogP contribution is -2.58. The molecule has 21 heavy (non-hydrogen) atoms. The number of carbonyl (C=O) groups excluding carboxylic acids is 1. The molecule has 1 aromatic rings. The Morgan fingerprint density at radius 1 is 1.05 bits per heavy atom. The molecule has 3 aliphatic rings. The van der Waals surface area contributed by atoms with Crippen LogP contribution in [0.4, 0.5) is 0 Å². The number of hydrogen-bond acceptors (Lipinski definition) is 2. The van der Waals surface area contributed by atoms with Gasteiger partial charge in [0.25, 0.3) is 0 Å².